The molecule has 0 spiro atoms. The van der Waals surface area contributed by atoms with Gasteiger partial charge in [0.15, 0.2) is 0 Å². The Morgan fingerprint density at radius 3 is 2.44 bits per heavy atom. The molecule has 0 saturated carbocycles. The molecule has 2 rings (SSSR count). The van der Waals surface area contributed by atoms with Gasteiger partial charge in [0.2, 0.25) is 0 Å². The van der Waals surface area contributed by atoms with Crippen molar-refractivity contribution in [1.82, 2.24) is 5.32 Å². The molecule has 1 heterocycles. The molecule has 1 aromatic rings. The predicted molar refractivity (Wildman–Crippen MR) is 72.6 cm³/mol. The summed E-state index contributed by atoms with van der Waals surface area (Å²) in [7, 11) is 0. The fourth-order valence-corrected chi connectivity index (χ4v) is 2.46. The lowest BCUT2D eigenvalue weighted by molar-refractivity contribution is 0.572. The van der Waals surface area contributed by atoms with E-state index in [-0.39, 0.29) is 17.8 Å². The molecule has 0 aliphatic carbocycles. The Bertz CT molecular complexity index is 335. The average Bonchev–Trinajstić information content (AvgIpc) is 2.69. The van der Waals surface area contributed by atoms with Gasteiger partial charge in [0.25, 0.3) is 0 Å². The molecule has 1 atom stereocenters. The molecule has 1 aliphatic rings. The van der Waals surface area contributed by atoms with Gasteiger partial charge in [-0.25, -0.2) is 0 Å². The van der Waals surface area contributed by atoms with E-state index in [0.717, 1.165) is 12.5 Å². The second-order valence-electron chi connectivity index (χ2n) is 5.53. The maximum atomic E-state index is 3.45. The first-order valence-electron chi connectivity index (χ1n) is 5.89. The summed E-state index contributed by atoms with van der Waals surface area (Å²) in [5.41, 5.74) is 3.33. The molecule has 1 N–H and O–H groups in total. The summed E-state index contributed by atoms with van der Waals surface area (Å²) in [5, 5.41) is 3.45. The summed E-state index contributed by atoms with van der Waals surface area (Å²) in [5.74, 6) is 0.723. The van der Waals surface area contributed by atoms with Gasteiger partial charge in [0.05, 0.1) is 0 Å². The molecule has 1 saturated heterocycles. The fraction of sp³-hybridized carbons (Fsp3) is 0.571. The zero-order chi connectivity index (χ0) is 10.9. The first-order valence-corrected chi connectivity index (χ1v) is 5.89. The van der Waals surface area contributed by atoms with Crippen LogP contribution in [0.25, 0.3) is 0 Å². The first kappa shape index (κ1) is 13.5. The SMILES string of the molecule is CC(C)(C)c1ccccc1C1CCNC1.Cl. The van der Waals surface area contributed by atoms with E-state index < -0.39 is 0 Å². The van der Waals surface area contributed by atoms with Crippen molar-refractivity contribution in [1.29, 1.82) is 0 Å². The van der Waals surface area contributed by atoms with Crippen LogP contribution in [0.3, 0.4) is 0 Å². The van der Waals surface area contributed by atoms with Crippen LogP contribution in [0.1, 0.15) is 44.2 Å². The predicted octanol–water partition coefficient (Wildman–Crippen LogP) is 3.48. The highest BCUT2D eigenvalue weighted by Crippen LogP contribution is 2.32. The van der Waals surface area contributed by atoms with Crippen molar-refractivity contribution in [2.45, 2.75) is 38.5 Å². The van der Waals surface area contributed by atoms with Gasteiger partial charge in [-0.2, -0.15) is 0 Å². The highest BCUT2D eigenvalue weighted by atomic mass is 35.5. The van der Waals surface area contributed by atoms with E-state index in [0.29, 0.717) is 0 Å². The molecule has 1 aromatic carbocycles. The third-order valence-corrected chi connectivity index (χ3v) is 3.27. The molecule has 1 aliphatic heterocycles. The monoisotopic (exact) mass is 239 g/mol. The van der Waals surface area contributed by atoms with E-state index in [4.69, 9.17) is 0 Å². The smallest absolute Gasteiger partial charge is 0.00207 e. The molecule has 0 aromatic heterocycles. The van der Waals surface area contributed by atoms with E-state index in [1.165, 1.54) is 18.5 Å². The van der Waals surface area contributed by atoms with Crippen molar-refractivity contribution in [2.24, 2.45) is 0 Å². The standard InChI is InChI=1S/C14H21N.ClH/c1-14(2,3)13-7-5-4-6-12(13)11-8-9-15-10-11;/h4-7,11,15H,8-10H2,1-3H3;1H. The molecule has 1 nitrogen and oxygen atoms in total. The minimum absolute atomic E-state index is 0. The van der Waals surface area contributed by atoms with Crippen LogP contribution in [-0.4, -0.2) is 13.1 Å². The quantitative estimate of drug-likeness (QED) is 0.791. The maximum absolute atomic E-state index is 3.45. The van der Waals surface area contributed by atoms with E-state index in [1.807, 2.05) is 0 Å². The lowest BCUT2D eigenvalue weighted by Crippen LogP contribution is -2.17. The molecule has 16 heavy (non-hydrogen) atoms. The Morgan fingerprint density at radius 1 is 1.19 bits per heavy atom. The van der Waals surface area contributed by atoms with Gasteiger partial charge in [0, 0.05) is 6.54 Å². The number of hydrogen-bond acceptors (Lipinski definition) is 1. The topological polar surface area (TPSA) is 12.0 Å². The minimum atomic E-state index is 0. The van der Waals surface area contributed by atoms with E-state index in [9.17, 15) is 0 Å². The second kappa shape index (κ2) is 5.20. The Labute approximate surface area is 105 Å². The molecule has 0 bridgehead atoms. The third-order valence-electron chi connectivity index (χ3n) is 3.27. The van der Waals surface area contributed by atoms with Crippen LogP contribution in [0.2, 0.25) is 0 Å². The Hall–Kier alpha value is -0.530. The van der Waals surface area contributed by atoms with Crippen LogP contribution >= 0.6 is 12.4 Å². The first-order chi connectivity index (χ1) is 7.09. The zero-order valence-electron chi connectivity index (χ0n) is 10.4. The Kier molecular flexibility index (Phi) is 4.40. The minimum Gasteiger partial charge on any atom is -0.316 e. The molecular weight excluding hydrogens is 218 g/mol. The molecule has 0 radical (unpaired) electrons. The summed E-state index contributed by atoms with van der Waals surface area (Å²) in [6.07, 6.45) is 1.28. The summed E-state index contributed by atoms with van der Waals surface area (Å²) in [4.78, 5) is 0. The van der Waals surface area contributed by atoms with Crippen molar-refractivity contribution in [3.63, 3.8) is 0 Å². The van der Waals surface area contributed by atoms with Gasteiger partial charge in [-0.3, -0.25) is 0 Å². The summed E-state index contributed by atoms with van der Waals surface area (Å²) < 4.78 is 0. The molecule has 0 amide bonds. The van der Waals surface area contributed by atoms with Crippen LogP contribution < -0.4 is 5.32 Å². The van der Waals surface area contributed by atoms with Crippen molar-refractivity contribution >= 4 is 12.4 Å². The van der Waals surface area contributed by atoms with E-state index >= 15 is 0 Å². The Balaban J connectivity index is 0.00000128. The van der Waals surface area contributed by atoms with Gasteiger partial charge < -0.3 is 5.32 Å². The summed E-state index contributed by atoms with van der Waals surface area (Å²) in [6.45, 7) is 9.22. The normalized spacial score (nSPS) is 20.6. The van der Waals surface area contributed by atoms with Crippen molar-refractivity contribution < 1.29 is 0 Å². The van der Waals surface area contributed by atoms with Gasteiger partial charge in [-0.1, -0.05) is 45.0 Å². The average molecular weight is 240 g/mol. The fourth-order valence-electron chi connectivity index (χ4n) is 2.46. The molecule has 2 heteroatoms. The maximum Gasteiger partial charge on any atom is 0.00207 e. The van der Waals surface area contributed by atoms with Crippen LogP contribution in [0, 0.1) is 0 Å². The van der Waals surface area contributed by atoms with Crippen LogP contribution in [0.5, 0.6) is 0 Å². The lowest BCUT2D eigenvalue weighted by atomic mass is 9.80. The van der Waals surface area contributed by atoms with E-state index in [2.05, 4.69) is 50.4 Å². The van der Waals surface area contributed by atoms with Crippen molar-refractivity contribution in [3.05, 3.63) is 35.4 Å². The van der Waals surface area contributed by atoms with Crippen LogP contribution in [0.15, 0.2) is 24.3 Å². The van der Waals surface area contributed by atoms with Crippen molar-refractivity contribution in [3.8, 4) is 0 Å². The number of nitrogens with one attached hydrogen (secondary N) is 1. The summed E-state index contributed by atoms with van der Waals surface area (Å²) >= 11 is 0. The number of rotatable bonds is 1. The third kappa shape index (κ3) is 2.78. The number of halogens is 1. The zero-order valence-corrected chi connectivity index (χ0v) is 11.2. The molecule has 1 unspecified atom stereocenters. The van der Waals surface area contributed by atoms with E-state index in [1.54, 1.807) is 5.56 Å². The number of benzene rings is 1. The molecule has 1 fully saturated rings. The van der Waals surface area contributed by atoms with Gasteiger partial charge in [0.1, 0.15) is 0 Å². The Morgan fingerprint density at radius 2 is 1.88 bits per heavy atom. The van der Waals surface area contributed by atoms with Crippen LogP contribution in [0.4, 0.5) is 0 Å². The summed E-state index contributed by atoms with van der Waals surface area (Å²) in [6, 6.07) is 8.92. The van der Waals surface area contributed by atoms with Crippen LogP contribution in [-0.2, 0) is 5.41 Å². The second-order valence-corrected chi connectivity index (χ2v) is 5.53. The lowest BCUT2D eigenvalue weighted by Gasteiger charge is -2.25. The highest BCUT2D eigenvalue weighted by Gasteiger charge is 2.24. The highest BCUT2D eigenvalue weighted by molar-refractivity contribution is 5.85. The molecule has 90 valence electrons. The van der Waals surface area contributed by atoms with Gasteiger partial charge in [-0.05, 0) is 35.4 Å². The molecular formula is C14H22ClN. The van der Waals surface area contributed by atoms with Gasteiger partial charge in [-0.15, -0.1) is 12.4 Å². The van der Waals surface area contributed by atoms with Crippen molar-refractivity contribution in [2.75, 3.05) is 13.1 Å². The number of hydrogen-bond donors (Lipinski definition) is 1. The van der Waals surface area contributed by atoms with Gasteiger partial charge >= 0.3 is 0 Å². The largest absolute Gasteiger partial charge is 0.316 e.